The Balaban J connectivity index is 2.45. The smallest absolute Gasteiger partial charge is 0.335 e. The van der Waals surface area contributed by atoms with E-state index in [1.165, 1.54) is 6.92 Å². The summed E-state index contributed by atoms with van der Waals surface area (Å²) in [5.41, 5.74) is -0.501. The molecule has 22 heavy (non-hydrogen) atoms. The lowest BCUT2D eigenvalue weighted by Gasteiger charge is -2.08. The van der Waals surface area contributed by atoms with E-state index in [1.54, 1.807) is 0 Å². The molecular weight excluding hydrogens is 302 g/mol. The van der Waals surface area contributed by atoms with Crippen LogP contribution in [0, 0.1) is 17.0 Å². The first-order valence-electron chi connectivity index (χ1n) is 5.92. The Morgan fingerprint density at radius 2 is 2.14 bits per heavy atom. The number of aromatic carboxylic acids is 1. The molecule has 2 N–H and O–H groups in total. The lowest BCUT2D eigenvalue weighted by molar-refractivity contribution is -0.383. The molecular formula is C12H10F2N4O4. The minimum Gasteiger partial charge on any atom is -0.478 e. The van der Waals surface area contributed by atoms with Crippen molar-refractivity contribution in [2.45, 2.75) is 13.5 Å². The molecule has 0 bridgehead atoms. The van der Waals surface area contributed by atoms with Gasteiger partial charge in [0.2, 0.25) is 0 Å². The van der Waals surface area contributed by atoms with Gasteiger partial charge in [0.15, 0.2) is 0 Å². The van der Waals surface area contributed by atoms with Crippen LogP contribution in [0.5, 0.6) is 0 Å². The minimum atomic E-state index is -2.85. The van der Waals surface area contributed by atoms with Gasteiger partial charge in [-0.25, -0.2) is 9.48 Å². The zero-order valence-corrected chi connectivity index (χ0v) is 11.2. The first-order chi connectivity index (χ1) is 10.3. The minimum absolute atomic E-state index is 0.0602. The standard InChI is InChI=1S/C12H10F2N4O4/c1-6-9(5-15-17(6)12(13)14)16-8-4-7(11(19)20)2-3-10(8)18(21)22/h2-5,12,16H,1H3,(H,19,20). The number of nitrogens with one attached hydrogen (secondary N) is 1. The van der Waals surface area contributed by atoms with E-state index in [4.69, 9.17) is 5.11 Å². The van der Waals surface area contributed by atoms with Gasteiger partial charge in [-0.05, 0) is 19.1 Å². The number of halogens is 2. The van der Waals surface area contributed by atoms with E-state index >= 15 is 0 Å². The van der Waals surface area contributed by atoms with Crippen LogP contribution in [-0.4, -0.2) is 25.8 Å². The number of benzene rings is 1. The lowest BCUT2D eigenvalue weighted by atomic mass is 10.1. The number of alkyl halides is 2. The molecule has 2 rings (SSSR count). The highest BCUT2D eigenvalue weighted by Gasteiger charge is 2.19. The maximum Gasteiger partial charge on any atom is 0.335 e. The normalized spacial score (nSPS) is 10.7. The first-order valence-corrected chi connectivity index (χ1v) is 5.92. The molecule has 0 fully saturated rings. The van der Waals surface area contributed by atoms with Crippen LogP contribution < -0.4 is 5.32 Å². The Morgan fingerprint density at radius 1 is 1.45 bits per heavy atom. The second-order valence-electron chi connectivity index (χ2n) is 4.29. The number of rotatable bonds is 5. The maximum absolute atomic E-state index is 12.6. The molecule has 0 aliphatic carbocycles. The molecule has 0 aliphatic rings. The molecule has 8 nitrogen and oxygen atoms in total. The van der Waals surface area contributed by atoms with Gasteiger partial charge >= 0.3 is 12.5 Å². The van der Waals surface area contributed by atoms with Crippen molar-refractivity contribution >= 4 is 23.0 Å². The highest BCUT2D eigenvalue weighted by Crippen LogP contribution is 2.30. The summed E-state index contributed by atoms with van der Waals surface area (Å²) in [4.78, 5) is 21.2. The van der Waals surface area contributed by atoms with E-state index in [9.17, 15) is 23.7 Å². The Labute approximate surface area is 122 Å². The van der Waals surface area contributed by atoms with Crippen LogP contribution in [-0.2, 0) is 0 Å². The average Bonchev–Trinajstić information content (AvgIpc) is 2.80. The third kappa shape index (κ3) is 2.85. The molecule has 2 aromatic rings. The van der Waals surface area contributed by atoms with Crippen molar-refractivity contribution in [2.24, 2.45) is 0 Å². The summed E-state index contributed by atoms with van der Waals surface area (Å²) in [7, 11) is 0. The van der Waals surface area contributed by atoms with Crippen molar-refractivity contribution in [3.8, 4) is 0 Å². The Bertz CT molecular complexity index is 745. The third-order valence-corrected chi connectivity index (χ3v) is 2.94. The number of anilines is 2. The fourth-order valence-electron chi connectivity index (χ4n) is 1.82. The van der Waals surface area contributed by atoms with Crippen molar-refractivity contribution in [2.75, 3.05) is 5.32 Å². The summed E-state index contributed by atoms with van der Waals surface area (Å²) in [6, 6.07) is 3.17. The monoisotopic (exact) mass is 312 g/mol. The van der Waals surface area contributed by atoms with E-state index in [1.807, 2.05) is 0 Å². The van der Waals surface area contributed by atoms with Crippen LogP contribution in [0.4, 0.5) is 25.8 Å². The molecule has 116 valence electrons. The molecule has 0 aliphatic heterocycles. The van der Waals surface area contributed by atoms with Crippen molar-refractivity contribution in [1.29, 1.82) is 0 Å². The molecule has 0 unspecified atom stereocenters. The first kappa shape index (κ1) is 15.4. The second-order valence-corrected chi connectivity index (χ2v) is 4.29. The fourth-order valence-corrected chi connectivity index (χ4v) is 1.82. The SMILES string of the molecule is Cc1c(Nc2cc(C(=O)O)ccc2[N+](=O)[O-])cnn1C(F)F. The van der Waals surface area contributed by atoms with Crippen LogP contribution in [0.1, 0.15) is 22.6 Å². The quantitative estimate of drug-likeness (QED) is 0.648. The van der Waals surface area contributed by atoms with E-state index in [0.29, 0.717) is 4.68 Å². The Hall–Kier alpha value is -3.04. The van der Waals surface area contributed by atoms with Crippen LogP contribution in [0.15, 0.2) is 24.4 Å². The number of nitrogens with zero attached hydrogens (tertiary/aromatic N) is 3. The van der Waals surface area contributed by atoms with Crippen LogP contribution in [0.25, 0.3) is 0 Å². The number of nitro benzene ring substituents is 1. The predicted molar refractivity (Wildman–Crippen MR) is 71.6 cm³/mol. The van der Waals surface area contributed by atoms with Gasteiger partial charge in [-0.2, -0.15) is 13.9 Å². The van der Waals surface area contributed by atoms with Gasteiger partial charge in [0, 0.05) is 6.07 Å². The number of aromatic nitrogens is 2. The van der Waals surface area contributed by atoms with Gasteiger partial charge in [0.05, 0.1) is 28.1 Å². The average molecular weight is 312 g/mol. The molecule has 1 heterocycles. The lowest BCUT2D eigenvalue weighted by Crippen LogP contribution is -2.04. The molecule has 0 saturated carbocycles. The van der Waals surface area contributed by atoms with Gasteiger partial charge in [-0.1, -0.05) is 0 Å². The van der Waals surface area contributed by atoms with Crippen molar-refractivity contribution < 1.29 is 23.6 Å². The molecule has 0 saturated heterocycles. The predicted octanol–water partition coefficient (Wildman–Crippen LogP) is 2.94. The van der Waals surface area contributed by atoms with E-state index < -0.39 is 17.4 Å². The molecule has 0 radical (unpaired) electrons. The molecule has 1 aromatic carbocycles. The number of carbonyl (C=O) groups is 1. The van der Waals surface area contributed by atoms with Crippen molar-refractivity contribution in [1.82, 2.24) is 9.78 Å². The van der Waals surface area contributed by atoms with Crippen LogP contribution in [0.3, 0.4) is 0 Å². The number of hydrogen-bond donors (Lipinski definition) is 2. The van der Waals surface area contributed by atoms with Gasteiger partial charge in [-0.15, -0.1) is 0 Å². The fraction of sp³-hybridized carbons (Fsp3) is 0.167. The van der Waals surface area contributed by atoms with Crippen molar-refractivity contribution in [3.05, 3.63) is 45.8 Å². The molecule has 0 spiro atoms. The summed E-state index contributed by atoms with van der Waals surface area (Å²) in [5.74, 6) is -1.27. The van der Waals surface area contributed by atoms with E-state index in [0.717, 1.165) is 24.4 Å². The van der Waals surface area contributed by atoms with Gasteiger partial charge in [0.1, 0.15) is 5.69 Å². The molecule has 1 aromatic heterocycles. The van der Waals surface area contributed by atoms with E-state index in [-0.39, 0.29) is 28.3 Å². The maximum atomic E-state index is 12.6. The van der Waals surface area contributed by atoms with E-state index in [2.05, 4.69) is 10.4 Å². The zero-order valence-electron chi connectivity index (χ0n) is 11.2. The summed E-state index contributed by atoms with van der Waals surface area (Å²) in [6.07, 6.45) is 1.08. The second kappa shape index (κ2) is 5.76. The van der Waals surface area contributed by atoms with Gasteiger partial charge in [0.25, 0.3) is 5.69 Å². The summed E-state index contributed by atoms with van der Waals surface area (Å²) < 4.78 is 25.7. The zero-order chi connectivity index (χ0) is 16.4. The van der Waals surface area contributed by atoms with Crippen LogP contribution in [0.2, 0.25) is 0 Å². The highest BCUT2D eigenvalue weighted by molar-refractivity contribution is 5.90. The molecule has 10 heteroatoms. The largest absolute Gasteiger partial charge is 0.478 e. The summed E-state index contributed by atoms with van der Waals surface area (Å²) in [5, 5.41) is 25.9. The molecule has 0 atom stereocenters. The number of carboxylic acids is 1. The summed E-state index contributed by atoms with van der Waals surface area (Å²) in [6.45, 7) is -1.50. The van der Waals surface area contributed by atoms with Gasteiger partial charge < -0.3 is 10.4 Å². The third-order valence-electron chi connectivity index (χ3n) is 2.94. The number of carboxylic acid groups (broad SMARTS) is 1. The Kier molecular flexibility index (Phi) is 4.02. The topological polar surface area (TPSA) is 110 Å². The Morgan fingerprint density at radius 3 is 2.64 bits per heavy atom. The summed E-state index contributed by atoms with van der Waals surface area (Å²) >= 11 is 0. The number of nitro groups is 1. The van der Waals surface area contributed by atoms with Crippen molar-refractivity contribution in [3.63, 3.8) is 0 Å². The van der Waals surface area contributed by atoms with Crippen LogP contribution >= 0.6 is 0 Å². The van der Waals surface area contributed by atoms with Gasteiger partial charge in [-0.3, -0.25) is 10.1 Å². The number of hydrogen-bond acceptors (Lipinski definition) is 5. The highest BCUT2D eigenvalue weighted by atomic mass is 19.3. The molecule has 0 amide bonds.